The lowest BCUT2D eigenvalue weighted by Crippen LogP contribution is -2.30. The fourth-order valence-electron chi connectivity index (χ4n) is 11.8. The number of phosphoric ester groups is 2. The predicted octanol–water partition coefficient (Wildman–Crippen LogP) is 22.8. The van der Waals surface area contributed by atoms with Gasteiger partial charge in [-0.2, -0.15) is 0 Å². The summed E-state index contributed by atoms with van der Waals surface area (Å²) < 4.78 is 68.6. The Morgan fingerprint density at radius 1 is 0.289 bits per heavy atom. The van der Waals surface area contributed by atoms with Gasteiger partial charge in [0.2, 0.25) is 0 Å². The molecule has 0 amide bonds. The van der Waals surface area contributed by atoms with Gasteiger partial charge in [0.15, 0.2) is 12.2 Å². The van der Waals surface area contributed by atoms with Gasteiger partial charge in [-0.05, 0) is 49.4 Å². The monoisotopic (exact) mass is 1420 g/mol. The van der Waals surface area contributed by atoms with Crippen LogP contribution in [0.4, 0.5) is 0 Å². The summed E-state index contributed by atoms with van der Waals surface area (Å²) in [4.78, 5) is 72.8. The molecule has 7 atom stereocenters. The number of carbonyl (C=O) groups is 4. The van der Waals surface area contributed by atoms with Crippen molar-refractivity contribution in [3.8, 4) is 0 Å². The number of carbonyl (C=O) groups excluding carboxylic acids is 4. The summed E-state index contributed by atoms with van der Waals surface area (Å²) in [5.74, 6) is 0.979. The van der Waals surface area contributed by atoms with Gasteiger partial charge in [0, 0.05) is 25.7 Å². The number of unbranched alkanes of at least 4 members (excludes halogenated alkanes) is 39. The highest BCUT2D eigenvalue weighted by atomic mass is 31.2. The van der Waals surface area contributed by atoms with Gasteiger partial charge in [0.1, 0.15) is 19.3 Å². The molecule has 97 heavy (non-hydrogen) atoms. The normalized spacial score (nSPS) is 14.6. The van der Waals surface area contributed by atoms with E-state index < -0.39 is 97.5 Å². The Morgan fingerprint density at radius 2 is 0.495 bits per heavy atom. The van der Waals surface area contributed by atoms with Gasteiger partial charge in [-0.3, -0.25) is 37.3 Å². The maximum Gasteiger partial charge on any atom is 0.472 e. The Morgan fingerprint density at radius 3 is 0.732 bits per heavy atom. The van der Waals surface area contributed by atoms with Crippen molar-refractivity contribution in [2.45, 2.75) is 414 Å². The number of ether oxygens (including phenoxy) is 4. The Labute approximate surface area is 594 Å². The summed E-state index contributed by atoms with van der Waals surface area (Å²) in [6.45, 7) is 14.2. The van der Waals surface area contributed by atoms with Crippen LogP contribution >= 0.6 is 15.6 Å². The lowest BCUT2D eigenvalue weighted by molar-refractivity contribution is -0.161. The highest BCUT2D eigenvalue weighted by Gasteiger charge is 2.30. The summed E-state index contributed by atoms with van der Waals surface area (Å²) >= 11 is 0. The molecule has 0 saturated heterocycles. The molecule has 17 nitrogen and oxygen atoms in total. The van der Waals surface area contributed by atoms with Crippen molar-refractivity contribution in [3.05, 3.63) is 0 Å². The molecule has 0 aromatic rings. The van der Waals surface area contributed by atoms with Crippen molar-refractivity contribution in [2.24, 2.45) is 23.7 Å². The molecule has 0 bridgehead atoms. The van der Waals surface area contributed by atoms with Crippen molar-refractivity contribution in [1.29, 1.82) is 0 Å². The number of hydrogen-bond acceptors (Lipinski definition) is 15. The number of hydrogen-bond donors (Lipinski definition) is 3. The summed E-state index contributed by atoms with van der Waals surface area (Å²) in [6, 6.07) is 0. The zero-order valence-electron chi connectivity index (χ0n) is 63.7. The zero-order chi connectivity index (χ0) is 71.7. The number of aliphatic hydroxyl groups excluding tert-OH is 1. The molecule has 0 saturated carbocycles. The fourth-order valence-corrected chi connectivity index (χ4v) is 13.4. The first-order valence-electron chi connectivity index (χ1n) is 40.3. The molecule has 0 aliphatic rings. The topological polar surface area (TPSA) is 237 Å². The van der Waals surface area contributed by atoms with E-state index in [1.54, 1.807) is 0 Å². The van der Waals surface area contributed by atoms with Crippen LogP contribution in [0.1, 0.15) is 396 Å². The number of rotatable bonds is 75. The minimum Gasteiger partial charge on any atom is -0.462 e. The molecule has 19 heteroatoms. The first-order chi connectivity index (χ1) is 46.7. The minimum absolute atomic E-state index is 0.104. The van der Waals surface area contributed by atoms with E-state index in [1.807, 2.05) is 0 Å². The largest absolute Gasteiger partial charge is 0.472 e. The van der Waals surface area contributed by atoms with Crippen LogP contribution in [0.15, 0.2) is 0 Å². The molecule has 0 aliphatic carbocycles. The molecule has 0 rings (SSSR count). The van der Waals surface area contributed by atoms with Gasteiger partial charge in [-0.1, -0.05) is 344 Å². The Hall–Kier alpha value is -1.94. The van der Waals surface area contributed by atoms with E-state index in [0.29, 0.717) is 31.6 Å². The zero-order valence-corrected chi connectivity index (χ0v) is 65.5. The second kappa shape index (κ2) is 67.2. The van der Waals surface area contributed by atoms with Crippen molar-refractivity contribution in [1.82, 2.24) is 0 Å². The third-order valence-corrected chi connectivity index (χ3v) is 20.7. The minimum atomic E-state index is -4.96. The van der Waals surface area contributed by atoms with Gasteiger partial charge in [-0.15, -0.1) is 0 Å². The molecule has 0 spiro atoms. The van der Waals surface area contributed by atoms with E-state index in [9.17, 15) is 43.2 Å². The summed E-state index contributed by atoms with van der Waals surface area (Å²) in [5.41, 5.74) is 0. The molecule has 0 aromatic heterocycles. The Balaban J connectivity index is 5.20. The lowest BCUT2D eigenvalue weighted by Gasteiger charge is -2.21. The molecule has 5 unspecified atom stereocenters. The highest BCUT2D eigenvalue weighted by molar-refractivity contribution is 7.47. The van der Waals surface area contributed by atoms with Crippen molar-refractivity contribution in [2.75, 3.05) is 39.6 Å². The molecule has 0 fully saturated rings. The quantitative estimate of drug-likeness (QED) is 0.0222. The maximum atomic E-state index is 13.1. The molecule has 0 radical (unpaired) electrons. The second-order valence-electron chi connectivity index (χ2n) is 29.5. The van der Waals surface area contributed by atoms with Crippen molar-refractivity contribution >= 4 is 39.5 Å². The van der Waals surface area contributed by atoms with Crippen LogP contribution in [-0.4, -0.2) is 96.7 Å². The van der Waals surface area contributed by atoms with Crippen molar-refractivity contribution in [3.63, 3.8) is 0 Å². The van der Waals surface area contributed by atoms with Crippen LogP contribution in [-0.2, 0) is 65.4 Å². The second-order valence-corrected chi connectivity index (χ2v) is 32.4. The summed E-state index contributed by atoms with van der Waals surface area (Å²) in [7, 11) is -9.92. The van der Waals surface area contributed by atoms with Crippen LogP contribution in [0.2, 0.25) is 0 Å². The van der Waals surface area contributed by atoms with Crippen LogP contribution in [0.3, 0.4) is 0 Å². The lowest BCUT2D eigenvalue weighted by atomic mass is 9.99. The fraction of sp³-hybridized carbons (Fsp3) is 0.949. The Kier molecular flexibility index (Phi) is 65.9. The van der Waals surface area contributed by atoms with Gasteiger partial charge in [-0.25, -0.2) is 9.13 Å². The molecule has 576 valence electrons. The van der Waals surface area contributed by atoms with E-state index in [-0.39, 0.29) is 25.7 Å². The van der Waals surface area contributed by atoms with Crippen LogP contribution in [0.25, 0.3) is 0 Å². The smallest absolute Gasteiger partial charge is 0.462 e. The maximum absolute atomic E-state index is 13.1. The van der Waals surface area contributed by atoms with Gasteiger partial charge < -0.3 is 33.8 Å². The van der Waals surface area contributed by atoms with Crippen molar-refractivity contribution < 1.29 is 80.2 Å². The van der Waals surface area contributed by atoms with Crippen LogP contribution in [0, 0.1) is 23.7 Å². The molecular formula is C78H152O17P2. The molecule has 0 aliphatic heterocycles. The number of esters is 4. The van der Waals surface area contributed by atoms with Gasteiger partial charge in [0.25, 0.3) is 0 Å². The van der Waals surface area contributed by atoms with E-state index in [0.717, 1.165) is 114 Å². The Bertz CT molecular complexity index is 1910. The highest BCUT2D eigenvalue weighted by Crippen LogP contribution is 2.45. The predicted molar refractivity (Wildman–Crippen MR) is 395 cm³/mol. The van der Waals surface area contributed by atoms with Gasteiger partial charge in [0.05, 0.1) is 26.4 Å². The SMILES string of the molecule is CCC(C)CCCCCCCCCCCCC(=O)O[C@H](COC(=O)CCCCCCCCCCCCCCCCCCCCC(C)C)COP(=O)(O)OCC(O)COP(=O)(O)OC[C@@H](COC(=O)CCCCCCCCCC(C)C)OC(=O)CCCCCCCCCCC(C)CC. The number of aliphatic hydroxyl groups is 1. The van der Waals surface area contributed by atoms with E-state index in [1.165, 1.54) is 193 Å². The van der Waals surface area contributed by atoms with E-state index >= 15 is 0 Å². The molecule has 0 aromatic carbocycles. The van der Waals surface area contributed by atoms with Crippen LogP contribution in [0.5, 0.6) is 0 Å². The molecular weight excluding hydrogens is 1270 g/mol. The summed E-state index contributed by atoms with van der Waals surface area (Å²) in [6.07, 6.45) is 52.8. The van der Waals surface area contributed by atoms with E-state index in [4.69, 9.17) is 37.0 Å². The standard InChI is InChI=1S/C78H152O17P2/c1-9-70(7)56-48-40-32-24-21-22-26-35-44-52-60-77(82)94-73(64-88-75(80)58-50-42-34-25-20-18-16-14-12-11-13-15-17-19-23-30-38-46-54-68(3)4)66-92-96(84,85)90-62-72(79)63-91-97(86,87)93-67-74(65-89-76(81)59-51-43-37-29-31-39-47-55-69(5)6)95-78(83)61-53-45-36-28-27-33-41-49-57-71(8)10-2/h68-74,79H,9-67H2,1-8H3,(H,84,85)(H,86,87)/t70?,71?,72?,73-,74-/m1/s1. The summed E-state index contributed by atoms with van der Waals surface area (Å²) in [5, 5.41) is 10.6. The first kappa shape index (κ1) is 95.1. The average molecular weight is 1420 g/mol. The van der Waals surface area contributed by atoms with Gasteiger partial charge >= 0.3 is 39.5 Å². The van der Waals surface area contributed by atoms with E-state index in [2.05, 4.69) is 55.4 Å². The third-order valence-electron chi connectivity index (χ3n) is 18.8. The number of phosphoric acid groups is 2. The third kappa shape index (κ3) is 69.5. The first-order valence-corrected chi connectivity index (χ1v) is 43.3. The molecule has 3 N–H and O–H groups in total. The molecule has 0 heterocycles. The van der Waals surface area contributed by atoms with Crippen LogP contribution < -0.4 is 0 Å². The average Bonchev–Trinajstić information content (AvgIpc) is 1.27.